The van der Waals surface area contributed by atoms with E-state index in [0.29, 0.717) is 54.2 Å². The highest BCUT2D eigenvalue weighted by Gasteiger charge is 2.57. The van der Waals surface area contributed by atoms with E-state index < -0.39 is 18.0 Å². The van der Waals surface area contributed by atoms with Crippen LogP contribution in [0.15, 0.2) is 24.3 Å². The predicted octanol–water partition coefficient (Wildman–Crippen LogP) is 3.67. The minimum Gasteiger partial charge on any atom is -0.381 e. The molecule has 3 aliphatic heterocycles. The third-order valence-electron chi connectivity index (χ3n) is 9.45. The van der Waals surface area contributed by atoms with Crippen LogP contribution in [-0.2, 0) is 9.53 Å². The number of hydrogen-bond acceptors (Lipinski definition) is 6. The van der Waals surface area contributed by atoms with E-state index in [1.165, 1.54) is 0 Å². The van der Waals surface area contributed by atoms with E-state index in [1.807, 2.05) is 11.6 Å². The van der Waals surface area contributed by atoms with E-state index >= 15 is 0 Å². The first kappa shape index (κ1) is 26.5. The van der Waals surface area contributed by atoms with Crippen LogP contribution < -0.4 is 10.2 Å². The van der Waals surface area contributed by atoms with Gasteiger partial charge in [-0.15, -0.1) is 0 Å². The molecular formula is C30H33ClN6O4. The number of carbonyl (C=O) groups is 3. The minimum absolute atomic E-state index is 0.0163. The van der Waals surface area contributed by atoms with Gasteiger partial charge in [-0.3, -0.25) is 19.3 Å². The summed E-state index contributed by atoms with van der Waals surface area (Å²) in [7, 11) is 0. The zero-order valence-corrected chi connectivity index (χ0v) is 23.7. The maximum Gasteiger partial charge on any atom is 0.276 e. The molecular weight excluding hydrogens is 544 g/mol. The van der Waals surface area contributed by atoms with Crippen LogP contribution in [0.2, 0.25) is 5.02 Å². The molecule has 5 aliphatic rings. The van der Waals surface area contributed by atoms with Gasteiger partial charge in [0, 0.05) is 47.9 Å². The number of anilines is 1. The van der Waals surface area contributed by atoms with E-state index in [1.54, 1.807) is 34.1 Å². The number of nitrogens with one attached hydrogen (secondary N) is 1. The summed E-state index contributed by atoms with van der Waals surface area (Å²) in [4.78, 5) is 45.4. The van der Waals surface area contributed by atoms with Crippen molar-refractivity contribution in [1.82, 2.24) is 20.0 Å². The van der Waals surface area contributed by atoms with Gasteiger partial charge in [-0.2, -0.15) is 10.4 Å². The fraction of sp³-hybridized carbons (Fsp3) is 0.567. The van der Waals surface area contributed by atoms with Gasteiger partial charge >= 0.3 is 0 Å². The molecule has 3 amide bonds. The van der Waals surface area contributed by atoms with Crippen molar-refractivity contribution in [2.75, 3.05) is 24.7 Å². The molecule has 2 aromatic rings. The van der Waals surface area contributed by atoms with Gasteiger partial charge in [0.05, 0.1) is 12.1 Å². The average molecular weight is 577 g/mol. The number of carbonyl (C=O) groups excluding carboxylic acids is 3. The summed E-state index contributed by atoms with van der Waals surface area (Å²) in [5.74, 6) is -0.0379. The summed E-state index contributed by atoms with van der Waals surface area (Å²) >= 11 is 6.16. The van der Waals surface area contributed by atoms with Crippen LogP contribution in [0, 0.1) is 23.2 Å². The second-order valence-corrected chi connectivity index (χ2v) is 12.4. The fourth-order valence-corrected chi connectivity index (χ4v) is 7.40. The van der Waals surface area contributed by atoms with E-state index in [9.17, 15) is 19.6 Å². The molecule has 2 saturated carbocycles. The third-order valence-corrected chi connectivity index (χ3v) is 9.68. The molecule has 4 heterocycles. The van der Waals surface area contributed by atoms with Crippen molar-refractivity contribution in [3.05, 3.63) is 46.1 Å². The van der Waals surface area contributed by atoms with Crippen LogP contribution in [0.4, 0.5) is 5.82 Å². The molecule has 0 unspecified atom stereocenters. The van der Waals surface area contributed by atoms with Crippen LogP contribution in [0.1, 0.15) is 83.8 Å². The number of piperidine rings is 1. The summed E-state index contributed by atoms with van der Waals surface area (Å²) in [6, 6.07) is 7.72. The monoisotopic (exact) mass is 576 g/mol. The molecule has 214 valence electrons. The number of likely N-dealkylation sites (N-methyl/N-ethyl adjacent to an activating group) is 1. The zero-order valence-electron chi connectivity index (χ0n) is 23.0. The Balaban J connectivity index is 1.35. The Morgan fingerprint density at radius 3 is 2.63 bits per heavy atom. The number of aromatic nitrogens is 2. The van der Waals surface area contributed by atoms with Crippen molar-refractivity contribution in [3.63, 3.8) is 0 Å². The number of amides is 3. The van der Waals surface area contributed by atoms with Gasteiger partial charge in [0.1, 0.15) is 17.9 Å². The molecule has 1 N–H and O–H groups in total. The quantitative estimate of drug-likeness (QED) is 0.560. The summed E-state index contributed by atoms with van der Waals surface area (Å²) in [5.41, 5.74) is 1.43. The molecule has 1 aromatic carbocycles. The molecule has 0 bridgehead atoms. The minimum atomic E-state index is -0.848. The normalized spacial score (nSPS) is 29.1. The van der Waals surface area contributed by atoms with Gasteiger partial charge in [0.25, 0.3) is 17.7 Å². The van der Waals surface area contributed by atoms with Gasteiger partial charge in [0.2, 0.25) is 0 Å². The smallest absolute Gasteiger partial charge is 0.276 e. The molecule has 0 radical (unpaired) electrons. The lowest BCUT2D eigenvalue weighted by Gasteiger charge is -2.39. The first-order valence-corrected chi connectivity index (χ1v) is 15.1. The number of nitriles is 1. The Kier molecular flexibility index (Phi) is 6.55. The molecule has 0 spiro atoms. The molecule has 41 heavy (non-hydrogen) atoms. The Morgan fingerprint density at radius 1 is 1.17 bits per heavy atom. The number of benzene rings is 1. The fourth-order valence-electron chi connectivity index (χ4n) is 7.21. The number of fused-ring (bicyclic) bond motifs is 2. The first-order valence-electron chi connectivity index (χ1n) is 14.7. The zero-order chi connectivity index (χ0) is 28.4. The second-order valence-electron chi connectivity index (χ2n) is 11.9. The van der Waals surface area contributed by atoms with E-state index in [4.69, 9.17) is 21.4 Å². The molecule has 7 rings (SSSR count). The lowest BCUT2D eigenvalue weighted by atomic mass is 9.82. The van der Waals surface area contributed by atoms with E-state index in [0.717, 1.165) is 37.7 Å². The highest BCUT2D eigenvalue weighted by atomic mass is 35.5. The van der Waals surface area contributed by atoms with Crippen molar-refractivity contribution < 1.29 is 19.1 Å². The second kappa shape index (κ2) is 10.1. The number of nitrogens with zero attached hydrogens (tertiary/aromatic N) is 5. The molecule has 2 saturated heterocycles. The summed E-state index contributed by atoms with van der Waals surface area (Å²) in [6.07, 6.45) is 4.87. The third kappa shape index (κ3) is 4.41. The predicted molar refractivity (Wildman–Crippen MR) is 150 cm³/mol. The maximum absolute atomic E-state index is 14.3. The number of rotatable bonds is 6. The summed E-state index contributed by atoms with van der Waals surface area (Å²) in [6.45, 7) is 3.43. The summed E-state index contributed by atoms with van der Waals surface area (Å²) < 4.78 is 7.50. The van der Waals surface area contributed by atoms with Crippen molar-refractivity contribution in [3.8, 4) is 6.07 Å². The van der Waals surface area contributed by atoms with Gasteiger partial charge in [-0.25, -0.2) is 4.68 Å². The van der Waals surface area contributed by atoms with Gasteiger partial charge in [-0.1, -0.05) is 17.7 Å². The number of ether oxygens (including phenoxy) is 1. The Labute approximate surface area is 243 Å². The van der Waals surface area contributed by atoms with Crippen molar-refractivity contribution in [2.24, 2.45) is 11.8 Å². The molecule has 4 fully saturated rings. The van der Waals surface area contributed by atoms with Crippen LogP contribution in [0.3, 0.4) is 0 Å². The van der Waals surface area contributed by atoms with Gasteiger partial charge in [-0.05, 0) is 75.5 Å². The highest BCUT2D eigenvalue weighted by Crippen LogP contribution is 2.53. The lowest BCUT2D eigenvalue weighted by Crippen LogP contribution is -2.56. The van der Waals surface area contributed by atoms with Crippen LogP contribution in [-0.4, -0.2) is 70.3 Å². The number of halogens is 1. The van der Waals surface area contributed by atoms with Crippen LogP contribution >= 0.6 is 11.6 Å². The number of hydrogen-bond donors (Lipinski definition) is 1. The van der Waals surface area contributed by atoms with Crippen molar-refractivity contribution in [1.29, 1.82) is 5.26 Å². The Hall–Kier alpha value is -3.42. The highest BCUT2D eigenvalue weighted by molar-refractivity contribution is 6.31. The van der Waals surface area contributed by atoms with Crippen LogP contribution in [0.5, 0.6) is 0 Å². The van der Waals surface area contributed by atoms with Gasteiger partial charge < -0.3 is 15.0 Å². The summed E-state index contributed by atoms with van der Waals surface area (Å²) in [5, 5.41) is 18.3. The molecule has 1 aromatic heterocycles. The molecule has 10 nitrogen and oxygen atoms in total. The molecule has 11 heteroatoms. The molecule has 5 atom stereocenters. The first-order chi connectivity index (χ1) is 19.9. The SMILES string of the molecule is CCN1C(=O)[C@@H](NC(=O)c2cccc(Cl)c2)[C@@H](C2CC2)c2c(C(=O)N3[C@H](C#N)C[C@H]4C[C@H]43)nn(C3CCOCC3)c21. The van der Waals surface area contributed by atoms with Gasteiger partial charge in [0.15, 0.2) is 5.69 Å². The van der Waals surface area contributed by atoms with E-state index in [2.05, 4.69) is 11.4 Å². The topological polar surface area (TPSA) is 121 Å². The Bertz CT molecular complexity index is 1460. The Morgan fingerprint density at radius 2 is 1.95 bits per heavy atom. The van der Waals surface area contributed by atoms with Crippen molar-refractivity contribution >= 4 is 35.1 Å². The maximum atomic E-state index is 14.3. The standard InChI is InChI=1S/C30H33ClN6O4/c1-2-35-28-24(23(16-6-7-16)25(29(35)39)33-27(38)17-4-3-5-19(31)12-17)26(34-37(28)20-8-10-41-11-9-20)30(40)36-21(15-32)13-18-14-22(18)36/h3-5,12,16,18,20-23,25H,2,6-11,13-14H2,1H3,(H,33,38)/t18-,21-,22+,23-,25-/m0/s1. The number of likely N-dealkylation sites (tertiary alicyclic amines) is 1. The van der Waals surface area contributed by atoms with Crippen molar-refractivity contribution in [2.45, 2.75) is 75.5 Å². The molecule has 2 aliphatic carbocycles. The van der Waals surface area contributed by atoms with E-state index in [-0.39, 0.29) is 35.7 Å². The lowest BCUT2D eigenvalue weighted by molar-refractivity contribution is -0.121. The largest absolute Gasteiger partial charge is 0.381 e. The average Bonchev–Trinajstić information content (AvgIpc) is 3.90. The van der Waals surface area contributed by atoms with Crippen LogP contribution in [0.25, 0.3) is 0 Å².